The van der Waals surface area contributed by atoms with Crippen molar-refractivity contribution in [3.63, 3.8) is 0 Å². The predicted molar refractivity (Wildman–Crippen MR) is 72.6 cm³/mol. The number of aromatic nitrogens is 1. The Hall–Kier alpha value is -2.80. The highest BCUT2D eigenvalue weighted by Gasteiger charge is 2.16. The van der Waals surface area contributed by atoms with Crippen LogP contribution in [-0.4, -0.2) is 17.7 Å². The average Bonchev–Trinajstić information content (AvgIpc) is 2.94. The molecule has 0 bridgehead atoms. The van der Waals surface area contributed by atoms with Gasteiger partial charge in [-0.2, -0.15) is 0 Å². The second kappa shape index (κ2) is 5.06. The van der Waals surface area contributed by atoms with E-state index in [0.29, 0.717) is 28.4 Å². The Morgan fingerprint density at radius 2 is 2.10 bits per heavy atom. The molecule has 1 aromatic carbocycles. The van der Waals surface area contributed by atoms with Crippen LogP contribution in [0.1, 0.15) is 10.4 Å². The van der Waals surface area contributed by atoms with E-state index in [-0.39, 0.29) is 12.7 Å². The molecule has 0 fully saturated rings. The Kier molecular flexibility index (Phi) is 3.10. The van der Waals surface area contributed by atoms with Crippen molar-refractivity contribution in [2.75, 3.05) is 17.5 Å². The summed E-state index contributed by atoms with van der Waals surface area (Å²) in [7, 11) is 0. The van der Waals surface area contributed by atoms with Crippen LogP contribution in [0.15, 0.2) is 36.7 Å². The summed E-state index contributed by atoms with van der Waals surface area (Å²) in [6, 6.07) is 6.79. The molecule has 0 aliphatic carbocycles. The standard InChI is InChI=1S/C13H12N4O3/c14-17-10-3-4-15-6-9(10)13(18)16-8-1-2-11-12(5-8)20-7-19-11/h1-6H,7,14H2,(H,15,17)(H,16,18). The van der Waals surface area contributed by atoms with Crippen molar-refractivity contribution in [3.05, 3.63) is 42.2 Å². The number of benzene rings is 1. The minimum absolute atomic E-state index is 0.191. The van der Waals surface area contributed by atoms with Crippen LogP contribution < -0.4 is 26.1 Å². The molecule has 3 rings (SSSR count). The lowest BCUT2D eigenvalue weighted by Crippen LogP contribution is -2.17. The third-order valence-corrected chi connectivity index (χ3v) is 2.85. The molecule has 0 unspecified atom stereocenters. The molecule has 2 heterocycles. The first-order chi connectivity index (χ1) is 9.78. The second-order valence-electron chi connectivity index (χ2n) is 4.09. The van der Waals surface area contributed by atoms with Gasteiger partial charge in [0.15, 0.2) is 11.5 Å². The number of amides is 1. The maximum Gasteiger partial charge on any atom is 0.259 e. The number of pyridine rings is 1. The summed E-state index contributed by atoms with van der Waals surface area (Å²) in [6.45, 7) is 0.191. The van der Waals surface area contributed by atoms with Crippen LogP contribution in [-0.2, 0) is 0 Å². The number of carbonyl (C=O) groups is 1. The van der Waals surface area contributed by atoms with Gasteiger partial charge in [-0.25, -0.2) is 0 Å². The number of carbonyl (C=O) groups excluding carboxylic acids is 1. The fraction of sp³-hybridized carbons (Fsp3) is 0.0769. The van der Waals surface area contributed by atoms with E-state index >= 15 is 0 Å². The predicted octanol–water partition coefficient (Wildman–Crippen LogP) is 1.35. The lowest BCUT2D eigenvalue weighted by atomic mass is 10.2. The minimum Gasteiger partial charge on any atom is -0.454 e. The Balaban J connectivity index is 1.82. The Labute approximate surface area is 114 Å². The Bertz CT molecular complexity index is 660. The molecule has 1 aromatic heterocycles. The van der Waals surface area contributed by atoms with E-state index in [2.05, 4.69) is 15.7 Å². The largest absolute Gasteiger partial charge is 0.454 e. The van der Waals surface area contributed by atoms with E-state index in [9.17, 15) is 4.79 Å². The van der Waals surface area contributed by atoms with Crippen LogP contribution in [0.3, 0.4) is 0 Å². The molecule has 7 nitrogen and oxygen atoms in total. The third kappa shape index (κ3) is 2.21. The van der Waals surface area contributed by atoms with Gasteiger partial charge in [-0.1, -0.05) is 0 Å². The van der Waals surface area contributed by atoms with Gasteiger partial charge in [-0.05, 0) is 18.2 Å². The van der Waals surface area contributed by atoms with Crippen LogP contribution in [0.5, 0.6) is 11.5 Å². The lowest BCUT2D eigenvalue weighted by Gasteiger charge is -2.09. The van der Waals surface area contributed by atoms with E-state index in [1.165, 1.54) is 6.20 Å². The van der Waals surface area contributed by atoms with Crippen molar-refractivity contribution in [1.29, 1.82) is 0 Å². The molecule has 20 heavy (non-hydrogen) atoms. The number of rotatable bonds is 3. The van der Waals surface area contributed by atoms with Gasteiger partial charge in [0.25, 0.3) is 5.91 Å². The molecule has 2 aromatic rings. The monoisotopic (exact) mass is 272 g/mol. The molecule has 102 valence electrons. The number of anilines is 2. The van der Waals surface area contributed by atoms with Gasteiger partial charge in [-0.15, -0.1) is 0 Å². The van der Waals surface area contributed by atoms with E-state index < -0.39 is 0 Å². The molecule has 0 saturated carbocycles. The zero-order valence-electron chi connectivity index (χ0n) is 10.4. The van der Waals surface area contributed by atoms with Crippen LogP contribution in [0.4, 0.5) is 11.4 Å². The number of nitrogens with zero attached hydrogens (tertiary/aromatic N) is 1. The van der Waals surface area contributed by atoms with Crippen molar-refractivity contribution in [2.24, 2.45) is 5.84 Å². The van der Waals surface area contributed by atoms with Gasteiger partial charge in [0.05, 0.1) is 11.3 Å². The van der Waals surface area contributed by atoms with Crippen LogP contribution in [0, 0.1) is 0 Å². The molecule has 0 spiro atoms. The summed E-state index contributed by atoms with van der Waals surface area (Å²) in [5, 5.41) is 2.75. The summed E-state index contributed by atoms with van der Waals surface area (Å²) >= 11 is 0. The first-order valence-corrected chi connectivity index (χ1v) is 5.89. The van der Waals surface area contributed by atoms with Gasteiger partial charge in [0, 0.05) is 24.1 Å². The maximum absolute atomic E-state index is 12.2. The molecule has 0 radical (unpaired) electrons. The van der Waals surface area contributed by atoms with Crippen molar-refractivity contribution in [2.45, 2.75) is 0 Å². The van der Waals surface area contributed by atoms with E-state index in [1.807, 2.05) is 0 Å². The Morgan fingerprint density at radius 1 is 1.25 bits per heavy atom. The van der Waals surface area contributed by atoms with Gasteiger partial charge in [0.1, 0.15) is 0 Å². The SMILES string of the molecule is NNc1ccncc1C(=O)Nc1ccc2c(c1)OCO2. The number of hydrogen-bond donors (Lipinski definition) is 3. The minimum atomic E-state index is -0.315. The number of nitrogens with one attached hydrogen (secondary N) is 2. The molecule has 4 N–H and O–H groups in total. The normalized spacial score (nSPS) is 12.1. The molecule has 7 heteroatoms. The molecular weight excluding hydrogens is 260 g/mol. The zero-order chi connectivity index (χ0) is 13.9. The highest BCUT2D eigenvalue weighted by molar-refractivity contribution is 6.07. The van der Waals surface area contributed by atoms with Gasteiger partial charge in [0.2, 0.25) is 6.79 Å². The smallest absolute Gasteiger partial charge is 0.259 e. The first kappa shape index (κ1) is 12.2. The molecule has 1 aliphatic heterocycles. The second-order valence-corrected chi connectivity index (χ2v) is 4.09. The highest BCUT2D eigenvalue weighted by atomic mass is 16.7. The quantitative estimate of drug-likeness (QED) is 0.576. The van der Waals surface area contributed by atoms with E-state index in [4.69, 9.17) is 15.3 Å². The van der Waals surface area contributed by atoms with Crippen LogP contribution >= 0.6 is 0 Å². The number of nitrogen functional groups attached to an aromatic ring is 1. The fourth-order valence-electron chi connectivity index (χ4n) is 1.87. The number of hydrogen-bond acceptors (Lipinski definition) is 6. The highest BCUT2D eigenvalue weighted by Crippen LogP contribution is 2.34. The molecule has 0 saturated heterocycles. The lowest BCUT2D eigenvalue weighted by molar-refractivity contribution is 0.102. The van der Waals surface area contributed by atoms with Crippen molar-refractivity contribution >= 4 is 17.3 Å². The van der Waals surface area contributed by atoms with Crippen molar-refractivity contribution < 1.29 is 14.3 Å². The van der Waals surface area contributed by atoms with Gasteiger partial charge < -0.3 is 20.2 Å². The number of ether oxygens (including phenoxy) is 2. The zero-order valence-corrected chi connectivity index (χ0v) is 10.4. The van der Waals surface area contributed by atoms with Crippen molar-refractivity contribution in [3.8, 4) is 11.5 Å². The first-order valence-electron chi connectivity index (χ1n) is 5.89. The summed E-state index contributed by atoms with van der Waals surface area (Å²) < 4.78 is 10.5. The topological polar surface area (TPSA) is 98.5 Å². The average molecular weight is 272 g/mol. The number of fused-ring (bicyclic) bond motifs is 1. The van der Waals surface area contributed by atoms with Gasteiger partial charge >= 0.3 is 0 Å². The molecule has 0 atom stereocenters. The van der Waals surface area contributed by atoms with Crippen molar-refractivity contribution in [1.82, 2.24) is 4.98 Å². The van der Waals surface area contributed by atoms with Crippen LogP contribution in [0.2, 0.25) is 0 Å². The fourth-order valence-corrected chi connectivity index (χ4v) is 1.87. The summed E-state index contributed by atoms with van der Waals surface area (Å²) in [5.74, 6) is 6.31. The maximum atomic E-state index is 12.2. The molecular formula is C13H12N4O3. The summed E-state index contributed by atoms with van der Waals surface area (Å²) in [6.07, 6.45) is 2.99. The van der Waals surface area contributed by atoms with E-state index in [1.54, 1.807) is 30.5 Å². The summed E-state index contributed by atoms with van der Waals surface area (Å²) in [5.41, 5.74) is 3.91. The Morgan fingerprint density at radius 3 is 2.95 bits per heavy atom. The number of hydrazine groups is 1. The summed E-state index contributed by atoms with van der Waals surface area (Å²) in [4.78, 5) is 16.1. The number of nitrogens with two attached hydrogens (primary N) is 1. The van der Waals surface area contributed by atoms with E-state index in [0.717, 1.165) is 0 Å². The molecule has 1 aliphatic rings. The van der Waals surface area contributed by atoms with Gasteiger partial charge in [-0.3, -0.25) is 15.6 Å². The van der Waals surface area contributed by atoms with Crippen LogP contribution in [0.25, 0.3) is 0 Å². The third-order valence-electron chi connectivity index (χ3n) is 2.85. The molecule has 1 amide bonds.